The van der Waals surface area contributed by atoms with E-state index in [1.165, 1.54) is 5.56 Å². The summed E-state index contributed by atoms with van der Waals surface area (Å²) in [6.07, 6.45) is 4.40. The summed E-state index contributed by atoms with van der Waals surface area (Å²) in [4.78, 5) is 8.87. The van der Waals surface area contributed by atoms with Crippen molar-refractivity contribution in [2.45, 2.75) is 23.9 Å². The first-order valence-electron chi connectivity index (χ1n) is 9.26. The largest absolute Gasteiger partial charge is 0.383 e. The van der Waals surface area contributed by atoms with Gasteiger partial charge in [-0.15, -0.1) is 21.5 Å². The lowest BCUT2D eigenvalue weighted by Crippen LogP contribution is -2.07. The van der Waals surface area contributed by atoms with Crippen molar-refractivity contribution >= 4 is 23.1 Å². The molecule has 29 heavy (non-hydrogen) atoms. The van der Waals surface area contributed by atoms with Crippen LogP contribution in [0.15, 0.2) is 65.4 Å². The van der Waals surface area contributed by atoms with Crippen molar-refractivity contribution in [3.8, 4) is 11.4 Å². The number of thioether (sulfide) groups is 1. The van der Waals surface area contributed by atoms with Gasteiger partial charge in [0.2, 0.25) is 0 Å². The highest BCUT2D eigenvalue weighted by Gasteiger charge is 2.15. The number of rotatable bonds is 9. The van der Waals surface area contributed by atoms with Crippen LogP contribution < -0.4 is 0 Å². The third kappa shape index (κ3) is 5.09. The van der Waals surface area contributed by atoms with Gasteiger partial charge in [-0.25, -0.2) is 4.98 Å². The fourth-order valence-corrected chi connectivity index (χ4v) is 4.69. The highest BCUT2D eigenvalue weighted by molar-refractivity contribution is 7.98. The highest BCUT2D eigenvalue weighted by Crippen LogP contribution is 2.27. The van der Waals surface area contributed by atoms with Gasteiger partial charge in [0.15, 0.2) is 11.0 Å². The number of hydrogen-bond donors (Lipinski definition) is 0. The number of methoxy groups -OCH3 is 1. The maximum atomic E-state index is 5.28. The summed E-state index contributed by atoms with van der Waals surface area (Å²) in [6.45, 7) is 1.29. The number of hydrogen-bond acceptors (Lipinski definition) is 7. The Bertz CT molecular complexity index is 1030. The van der Waals surface area contributed by atoms with Crippen molar-refractivity contribution in [1.82, 2.24) is 24.7 Å². The number of pyridine rings is 1. The van der Waals surface area contributed by atoms with Gasteiger partial charge >= 0.3 is 0 Å². The number of aromatic nitrogens is 5. The Hall–Kier alpha value is -2.55. The van der Waals surface area contributed by atoms with E-state index in [1.54, 1.807) is 42.6 Å². The number of nitrogens with zero attached hydrogens (tertiary/aromatic N) is 5. The number of ether oxygens (including phenoxy) is 1. The van der Waals surface area contributed by atoms with Crippen molar-refractivity contribution in [2.24, 2.45) is 0 Å². The molecule has 0 fully saturated rings. The molecule has 0 bridgehead atoms. The predicted molar refractivity (Wildman–Crippen MR) is 116 cm³/mol. The van der Waals surface area contributed by atoms with Crippen molar-refractivity contribution in [2.75, 3.05) is 13.7 Å². The van der Waals surface area contributed by atoms with Crippen LogP contribution >= 0.6 is 23.1 Å². The third-order valence-corrected chi connectivity index (χ3v) is 6.22. The zero-order valence-electron chi connectivity index (χ0n) is 16.1. The van der Waals surface area contributed by atoms with Crippen LogP contribution in [0.5, 0.6) is 0 Å². The Morgan fingerprint density at radius 3 is 2.69 bits per heavy atom. The maximum Gasteiger partial charge on any atom is 0.191 e. The monoisotopic (exact) mass is 423 g/mol. The Morgan fingerprint density at radius 1 is 1.07 bits per heavy atom. The summed E-state index contributed by atoms with van der Waals surface area (Å²) < 4.78 is 7.37. The van der Waals surface area contributed by atoms with Gasteiger partial charge in [0, 0.05) is 42.6 Å². The molecule has 0 aliphatic rings. The van der Waals surface area contributed by atoms with Crippen molar-refractivity contribution in [3.05, 3.63) is 76.5 Å². The van der Waals surface area contributed by atoms with Crippen LogP contribution in [-0.4, -0.2) is 38.4 Å². The molecule has 3 heterocycles. The highest BCUT2D eigenvalue weighted by atomic mass is 32.2. The van der Waals surface area contributed by atoms with Gasteiger partial charge in [-0.2, -0.15) is 0 Å². The van der Waals surface area contributed by atoms with Crippen LogP contribution in [0.3, 0.4) is 0 Å². The molecule has 6 nitrogen and oxygen atoms in total. The van der Waals surface area contributed by atoms with Gasteiger partial charge in [-0.05, 0) is 17.7 Å². The molecule has 0 saturated heterocycles. The molecular formula is C21H21N5OS2. The van der Waals surface area contributed by atoms with E-state index in [0.717, 1.165) is 39.4 Å². The first-order valence-corrected chi connectivity index (χ1v) is 11.1. The average Bonchev–Trinajstić information content (AvgIpc) is 3.38. The maximum absolute atomic E-state index is 5.28. The molecule has 4 aromatic rings. The molecule has 148 valence electrons. The minimum atomic E-state index is 0.599. The second kappa shape index (κ2) is 9.78. The normalized spacial score (nSPS) is 11.1. The van der Waals surface area contributed by atoms with E-state index in [0.29, 0.717) is 13.2 Å². The molecule has 0 amide bonds. The summed E-state index contributed by atoms with van der Waals surface area (Å²) in [6, 6.07) is 14.3. The van der Waals surface area contributed by atoms with Gasteiger partial charge in [-0.3, -0.25) is 9.55 Å². The van der Waals surface area contributed by atoms with Crippen LogP contribution in [0.25, 0.3) is 11.4 Å². The van der Waals surface area contributed by atoms with E-state index >= 15 is 0 Å². The van der Waals surface area contributed by atoms with Crippen LogP contribution in [0, 0.1) is 0 Å². The van der Waals surface area contributed by atoms with Crippen molar-refractivity contribution < 1.29 is 4.74 Å². The van der Waals surface area contributed by atoms with Crippen LogP contribution in [0.1, 0.15) is 16.3 Å². The minimum Gasteiger partial charge on any atom is -0.383 e. The molecule has 0 N–H and O–H groups in total. The fraction of sp³-hybridized carbons (Fsp3) is 0.238. The smallest absolute Gasteiger partial charge is 0.191 e. The summed E-state index contributed by atoms with van der Waals surface area (Å²) in [5, 5.41) is 12.9. The number of thiazole rings is 1. The Morgan fingerprint density at radius 2 is 1.90 bits per heavy atom. The van der Waals surface area contributed by atoms with E-state index in [2.05, 4.69) is 49.4 Å². The fourth-order valence-electron chi connectivity index (χ4n) is 2.90. The Kier molecular flexibility index (Phi) is 6.66. The molecule has 0 atom stereocenters. The van der Waals surface area contributed by atoms with E-state index in [1.807, 2.05) is 18.2 Å². The van der Waals surface area contributed by atoms with Gasteiger partial charge in [0.05, 0.1) is 23.9 Å². The average molecular weight is 424 g/mol. The molecule has 0 aliphatic carbocycles. The van der Waals surface area contributed by atoms with Crippen LogP contribution in [0.2, 0.25) is 0 Å². The number of benzene rings is 1. The van der Waals surface area contributed by atoms with E-state index in [4.69, 9.17) is 9.72 Å². The Balaban J connectivity index is 1.46. The van der Waals surface area contributed by atoms with Crippen molar-refractivity contribution in [1.29, 1.82) is 0 Å². The minimum absolute atomic E-state index is 0.599. The van der Waals surface area contributed by atoms with E-state index in [9.17, 15) is 0 Å². The molecule has 0 spiro atoms. The molecule has 0 saturated carbocycles. The lowest BCUT2D eigenvalue weighted by molar-refractivity contribution is 0.185. The van der Waals surface area contributed by atoms with Gasteiger partial charge in [0.1, 0.15) is 0 Å². The predicted octanol–water partition coefficient (Wildman–Crippen LogP) is 4.33. The molecule has 0 aliphatic heterocycles. The third-order valence-electron chi connectivity index (χ3n) is 4.32. The first kappa shape index (κ1) is 19.8. The van der Waals surface area contributed by atoms with Crippen LogP contribution in [0.4, 0.5) is 0 Å². The summed E-state index contributed by atoms with van der Waals surface area (Å²) >= 11 is 3.35. The zero-order valence-corrected chi connectivity index (χ0v) is 17.7. The molecule has 3 aromatic heterocycles. The summed E-state index contributed by atoms with van der Waals surface area (Å²) in [7, 11) is 1.70. The SMILES string of the molecule is COCCn1c(SCc2csc(Cc3ccccc3)n2)nnc1-c1ccncc1. The topological polar surface area (TPSA) is 65.7 Å². The molecule has 0 unspecified atom stereocenters. The molecule has 4 rings (SSSR count). The van der Waals surface area contributed by atoms with E-state index in [-0.39, 0.29) is 0 Å². The molecule has 8 heteroatoms. The lowest BCUT2D eigenvalue weighted by atomic mass is 10.2. The van der Waals surface area contributed by atoms with Gasteiger partial charge < -0.3 is 4.74 Å². The van der Waals surface area contributed by atoms with Gasteiger partial charge in [-0.1, -0.05) is 42.1 Å². The van der Waals surface area contributed by atoms with Crippen LogP contribution in [-0.2, 0) is 23.5 Å². The zero-order chi connectivity index (χ0) is 19.9. The lowest BCUT2D eigenvalue weighted by Gasteiger charge is -2.09. The van der Waals surface area contributed by atoms with Gasteiger partial charge in [0.25, 0.3) is 0 Å². The quantitative estimate of drug-likeness (QED) is 0.374. The van der Waals surface area contributed by atoms with E-state index < -0.39 is 0 Å². The standard InChI is InChI=1S/C21H21N5OS2/c1-27-12-11-26-20(17-7-9-22-10-8-17)24-25-21(26)29-15-18-14-28-19(23-18)13-16-5-3-2-4-6-16/h2-10,14H,11-13,15H2,1H3. The first-order chi connectivity index (χ1) is 14.3. The molecular weight excluding hydrogens is 402 g/mol. The molecule has 1 aromatic carbocycles. The summed E-state index contributed by atoms with van der Waals surface area (Å²) in [5.74, 6) is 1.59. The Labute approximate surface area is 178 Å². The summed E-state index contributed by atoms with van der Waals surface area (Å²) in [5.41, 5.74) is 3.34. The second-order valence-corrected chi connectivity index (χ2v) is 8.26. The van der Waals surface area contributed by atoms with Crippen molar-refractivity contribution in [3.63, 3.8) is 0 Å². The molecule has 0 radical (unpaired) electrons. The second-order valence-electron chi connectivity index (χ2n) is 6.37.